The Balaban J connectivity index is 1.87. The van der Waals surface area contributed by atoms with Crippen LogP contribution in [-0.4, -0.2) is 46.7 Å². The number of aryl methyl sites for hydroxylation is 1. The summed E-state index contributed by atoms with van der Waals surface area (Å²) in [5.74, 6) is 1.55. The topological polar surface area (TPSA) is 63.1 Å². The highest BCUT2D eigenvalue weighted by Crippen LogP contribution is 2.24. The van der Waals surface area contributed by atoms with Crippen LogP contribution in [0, 0.1) is 5.92 Å². The summed E-state index contributed by atoms with van der Waals surface area (Å²) in [4.78, 5) is 19.7. The molecule has 24 heavy (non-hydrogen) atoms. The number of hydrogen-bond acceptors (Lipinski definition) is 5. The van der Waals surface area contributed by atoms with Crippen LogP contribution in [0.1, 0.15) is 43.6 Å². The number of pyridine rings is 1. The Labute approximate surface area is 143 Å². The molecule has 0 atom stereocenters. The van der Waals surface area contributed by atoms with E-state index in [0.29, 0.717) is 18.0 Å². The Morgan fingerprint density at radius 1 is 1.29 bits per heavy atom. The third-order valence-corrected chi connectivity index (χ3v) is 4.96. The van der Waals surface area contributed by atoms with Crippen molar-refractivity contribution < 1.29 is 4.79 Å². The minimum Gasteiger partial charge on any atom is -0.357 e. The smallest absolute Gasteiger partial charge is 0.184 e. The first kappa shape index (κ1) is 16.9. The summed E-state index contributed by atoms with van der Waals surface area (Å²) in [6.45, 7) is 8.08. The number of nitrogens with one attached hydrogen (secondary N) is 1. The number of anilines is 1. The van der Waals surface area contributed by atoms with Gasteiger partial charge in [-0.15, -0.1) is 0 Å². The van der Waals surface area contributed by atoms with E-state index < -0.39 is 0 Å². The van der Waals surface area contributed by atoms with E-state index in [2.05, 4.69) is 29.2 Å². The van der Waals surface area contributed by atoms with Crippen LogP contribution in [0.2, 0.25) is 0 Å². The molecule has 1 N–H and O–H groups in total. The maximum Gasteiger partial charge on any atom is 0.184 e. The molecule has 1 saturated heterocycles. The third kappa shape index (κ3) is 3.29. The predicted molar refractivity (Wildman–Crippen MR) is 96.6 cm³/mol. The van der Waals surface area contributed by atoms with Gasteiger partial charge in [0.05, 0.1) is 5.39 Å². The van der Waals surface area contributed by atoms with Gasteiger partial charge in [-0.3, -0.25) is 4.79 Å². The number of carbonyl (C=O) groups is 1. The molecular formula is C18H27N5O. The van der Waals surface area contributed by atoms with E-state index in [9.17, 15) is 4.79 Å². The molecule has 6 heteroatoms. The fraction of sp³-hybridized carbons (Fsp3) is 0.611. The minimum atomic E-state index is 0.143. The molecule has 6 nitrogen and oxygen atoms in total. The SMILES string of the molecule is CCN(CC)c1ccc2c(C(=O)CC3CCNCC3)nn(C)c2n1. The van der Waals surface area contributed by atoms with E-state index in [0.717, 1.165) is 55.9 Å². The van der Waals surface area contributed by atoms with Crippen LogP contribution in [0.25, 0.3) is 11.0 Å². The Bertz CT molecular complexity index is 714. The number of ketones is 1. The van der Waals surface area contributed by atoms with Crippen molar-refractivity contribution in [1.82, 2.24) is 20.1 Å². The van der Waals surface area contributed by atoms with E-state index in [4.69, 9.17) is 4.98 Å². The standard InChI is InChI=1S/C18H27N5O/c1-4-23(5-2)16-7-6-14-17(21-22(3)18(14)20-16)15(24)12-13-8-10-19-11-9-13/h6-7,13,19H,4-5,8-12H2,1-3H3. The number of carbonyl (C=O) groups excluding carboxylic acids is 1. The number of Topliss-reactive ketones (excluding diaryl/α,β-unsaturated/α-hetero) is 1. The van der Waals surface area contributed by atoms with E-state index in [1.165, 1.54) is 0 Å². The van der Waals surface area contributed by atoms with Crippen molar-refractivity contribution in [3.63, 3.8) is 0 Å². The first-order valence-corrected chi connectivity index (χ1v) is 8.96. The summed E-state index contributed by atoms with van der Waals surface area (Å²) in [6.07, 6.45) is 2.73. The molecule has 0 amide bonds. The molecular weight excluding hydrogens is 302 g/mol. The zero-order valence-corrected chi connectivity index (χ0v) is 14.9. The van der Waals surface area contributed by atoms with Crippen LogP contribution in [-0.2, 0) is 7.05 Å². The van der Waals surface area contributed by atoms with Gasteiger partial charge < -0.3 is 10.2 Å². The average molecular weight is 329 g/mol. The quantitative estimate of drug-likeness (QED) is 0.825. The zero-order chi connectivity index (χ0) is 17.1. The number of hydrogen-bond donors (Lipinski definition) is 1. The number of aromatic nitrogens is 3. The van der Waals surface area contributed by atoms with Gasteiger partial charge in [0.15, 0.2) is 11.4 Å². The highest BCUT2D eigenvalue weighted by molar-refractivity contribution is 6.05. The Hall–Kier alpha value is -1.95. The van der Waals surface area contributed by atoms with E-state index >= 15 is 0 Å². The summed E-state index contributed by atoms with van der Waals surface area (Å²) >= 11 is 0. The lowest BCUT2D eigenvalue weighted by molar-refractivity contribution is 0.0948. The molecule has 3 rings (SSSR count). The monoisotopic (exact) mass is 329 g/mol. The largest absolute Gasteiger partial charge is 0.357 e. The van der Waals surface area contributed by atoms with Gasteiger partial charge in [-0.05, 0) is 57.8 Å². The number of fused-ring (bicyclic) bond motifs is 1. The second kappa shape index (κ2) is 7.30. The van der Waals surface area contributed by atoms with Crippen molar-refractivity contribution in [3.05, 3.63) is 17.8 Å². The molecule has 1 aliphatic heterocycles. The fourth-order valence-electron chi connectivity index (χ4n) is 3.50. The van der Waals surface area contributed by atoms with Gasteiger partial charge in [0.25, 0.3) is 0 Å². The summed E-state index contributed by atoms with van der Waals surface area (Å²) in [5, 5.41) is 8.69. The molecule has 0 bridgehead atoms. The zero-order valence-electron chi connectivity index (χ0n) is 14.9. The molecule has 130 valence electrons. The number of piperidine rings is 1. The highest BCUT2D eigenvalue weighted by atomic mass is 16.1. The molecule has 0 aliphatic carbocycles. The van der Waals surface area contributed by atoms with Crippen molar-refractivity contribution in [1.29, 1.82) is 0 Å². The van der Waals surface area contributed by atoms with Crippen molar-refractivity contribution >= 4 is 22.6 Å². The Morgan fingerprint density at radius 3 is 2.67 bits per heavy atom. The second-order valence-corrected chi connectivity index (χ2v) is 6.51. The van der Waals surface area contributed by atoms with Gasteiger partial charge >= 0.3 is 0 Å². The summed E-state index contributed by atoms with van der Waals surface area (Å²) < 4.78 is 1.73. The molecule has 3 heterocycles. The van der Waals surface area contributed by atoms with Crippen LogP contribution in [0.3, 0.4) is 0 Å². The predicted octanol–water partition coefficient (Wildman–Crippen LogP) is 2.39. The van der Waals surface area contributed by atoms with Crippen LogP contribution in [0.5, 0.6) is 0 Å². The molecule has 1 aliphatic rings. The third-order valence-electron chi connectivity index (χ3n) is 4.96. The lowest BCUT2D eigenvalue weighted by Gasteiger charge is -2.21. The molecule has 0 unspecified atom stereocenters. The van der Waals surface area contributed by atoms with Crippen LogP contribution in [0.4, 0.5) is 5.82 Å². The minimum absolute atomic E-state index is 0.143. The molecule has 2 aromatic heterocycles. The van der Waals surface area contributed by atoms with Gasteiger partial charge in [0.2, 0.25) is 0 Å². The van der Waals surface area contributed by atoms with Gasteiger partial charge in [0, 0.05) is 26.6 Å². The highest BCUT2D eigenvalue weighted by Gasteiger charge is 2.22. The Kier molecular flexibility index (Phi) is 5.14. The van der Waals surface area contributed by atoms with Gasteiger partial charge in [0.1, 0.15) is 11.5 Å². The molecule has 1 fully saturated rings. The second-order valence-electron chi connectivity index (χ2n) is 6.51. The first-order chi connectivity index (χ1) is 11.6. The van der Waals surface area contributed by atoms with E-state index in [1.807, 2.05) is 19.2 Å². The Morgan fingerprint density at radius 2 is 2.00 bits per heavy atom. The average Bonchev–Trinajstić information content (AvgIpc) is 2.94. The molecule has 2 aromatic rings. The number of rotatable bonds is 6. The van der Waals surface area contributed by atoms with Crippen LogP contribution in [0.15, 0.2) is 12.1 Å². The van der Waals surface area contributed by atoms with E-state index in [1.54, 1.807) is 4.68 Å². The summed E-state index contributed by atoms with van der Waals surface area (Å²) in [6, 6.07) is 4.00. The lowest BCUT2D eigenvalue weighted by Crippen LogP contribution is -2.29. The van der Waals surface area contributed by atoms with Gasteiger partial charge in [-0.1, -0.05) is 0 Å². The fourth-order valence-corrected chi connectivity index (χ4v) is 3.50. The molecule has 0 spiro atoms. The lowest BCUT2D eigenvalue weighted by atomic mass is 9.91. The molecule has 0 aromatic carbocycles. The van der Waals surface area contributed by atoms with Crippen LogP contribution >= 0.6 is 0 Å². The first-order valence-electron chi connectivity index (χ1n) is 8.96. The van der Waals surface area contributed by atoms with Gasteiger partial charge in [-0.25, -0.2) is 9.67 Å². The molecule has 0 saturated carbocycles. The normalized spacial score (nSPS) is 15.8. The molecule has 0 radical (unpaired) electrons. The maximum absolute atomic E-state index is 12.7. The van der Waals surface area contributed by atoms with Crippen LogP contribution < -0.4 is 10.2 Å². The van der Waals surface area contributed by atoms with Gasteiger partial charge in [-0.2, -0.15) is 5.10 Å². The maximum atomic E-state index is 12.7. The van der Waals surface area contributed by atoms with Crippen molar-refractivity contribution in [3.8, 4) is 0 Å². The summed E-state index contributed by atoms with van der Waals surface area (Å²) in [7, 11) is 1.86. The van der Waals surface area contributed by atoms with Crippen molar-refractivity contribution in [2.24, 2.45) is 13.0 Å². The van der Waals surface area contributed by atoms with Crippen molar-refractivity contribution in [2.75, 3.05) is 31.1 Å². The van der Waals surface area contributed by atoms with Crippen molar-refractivity contribution in [2.45, 2.75) is 33.1 Å². The number of nitrogens with zero attached hydrogens (tertiary/aromatic N) is 4. The summed E-state index contributed by atoms with van der Waals surface area (Å²) in [5.41, 5.74) is 1.36. The van der Waals surface area contributed by atoms with E-state index in [-0.39, 0.29) is 5.78 Å².